The van der Waals surface area contributed by atoms with Gasteiger partial charge in [-0.2, -0.15) is 0 Å². The van der Waals surface area contributed by atoms with Crippen molar-refractivity contribution in [1.29, 1.82) is 0 Å². The van der Waals surface area contributed by atoms with Gasteiger partial charge in [0.15, 0.2) is 0 Å². The number of hydrogen-bond donors (Lipinski definition) is 1. The predicted molar refractivity (Wildman–Crippen MR) is 67.2 cm³/mol. The lowest BCUT2D eigenvalue weighted by atomic mass is 9.79. The van der Waals surface area contributed by atoms with Crippen LogP contribution in [0.4, 0.5) is 0 Å². The summed E-state index contributed by atoms with van der Waals surface area (Å²) >= 11 is 5.97. The zero-order valence-corrected chi connectivity index (χ0v) is 10.8. The highest BCUT2D eigenvalue weighted by molar-refractivity contribution is 6.30. The molecule has 0 unspecified atom stereocenters. The van der Waals surface area contributed by atoms with Crippen LogP contribution >= 0.6 is 11.6 Å². The molecule has 2 N–H and O–H groups in total. The monoisotopic (exact) mass is 239 g/mol. The molecule has 0 aliphatic heterocycles. The first-order valence-corrected chi connectivity index (χ1v) is 5.91. The van der Waals surface area contributed by atoms with Crippen molar-refractivity contribution in [2.24, 2.45) is 5.73 Å². The average Bonchev–Trinajstić information content (AvgIpc) is 2.97. The molecule has 1 aromatic rings. The van der Waals surface area contributed by atoms with Crippen LogP contribution in [0.1, 0.15) is 32.3 Å². The van der Waals surface area contributed by atoms with Gasteiger partial charge in [-0.1, -0.05) is 17.7 Å². The average molecular weight is 240 g/mol. The van der Waals surface area contributed by atoms with E-state index in [1.807, 2.05) is 18.2 Å². The molecular formula is C13H18ClNO. The Balaban J connectivity index is 2.49. The molecule has 88 valence electrons. The Morgan fingerprint density at radius 3 is 2.44 bits per heavy atom. The van der Waals surface area contributed by atoms with Crippen LogP contribution in [0.25, 0.3) is 0 Å². The van der Waals surface area contributed by atoms with Gasteiger partial charge in [-0.3, -0.25) is 0 Å². The summed E-state index contributed by atoms with van der Waals surface area (Å²) in [5.74, 6) is 0.850. The molecule has 1 aliphatic carbocycles. The van der Waals surface area contributed by atoms with Crippen molar-refractivity contribution in [2.75, 3.05) is 7.11 Å². The van der Waals surface area contributed by atoms with E-state index in [1.54, 1.807) is 7.11 Å². The summed E-state index contributed by atoms with van der Waals surface area (Å²) in [5, 5.41) is 0.700. The highest BCUT2D eigenvalue weighted by atomic mass is 35.5. The fourth-order valence-electron chi connectivity index (χ4n) is 2.45. The van der Waals surface area contributed by atoms with Crippen LogP contribution in [-0.4, -0.2) is 12.6 Å². The summed E-state index contributed by atoms with van der Waals surface area (Å²) < 4.78 is 5.41. The van der Waals surface area contributed by atoms with Gasteiger partial charge in [0.05, 0.1) is 7.11 Å². The van der Waals surface area contributed by atoms with Gasteiger partial charge in [-0.25, -0.2) is 0 Å². The van der Waals surface area contributed by atoms with Gasteiger partial charge in [-0.15, -0.1) is 0 Å². The van der Waals surface area contributed by atoms with Gasteiger partial charge in [-0.05, 0) is 38.8 Å². The van der Waals surface area contributed by atoms with Crippen LogP contribution in [0.3, 0.4) is 0 Å². The summed E-state index contributed by atoms with van der Waals surface area (Å²) in [6, 6.07) is 5.82. The smallest absolute Gasteiger partial charge is 0.124 e. The third-order valence-electron chi connectivity index (χ3n) is 3.66. The second-order valence-corrected chi connectivity index (χ2v) is 5.58. The lowest BCUT2D eigenvalue weighted by Crippen LogP contribution is -2.45. The van der Waals surface area contributed by atoms with E-state index in [0.29, 0.717) is 5.02 Å². The maximum atomic E-state index is 6.28. The highest BCUT2D eigenvalue weighted by Crippen LogP contribution is 2.57. The molecule has 1 aliphatic rings. The largest absolute Gasteiger partial charge is 0.496 e. The van der Waals surface area contributed by atoms with Crippen LogP contribution in [0, 0.1) is 0 Å². The van der Waals surface area contributed by atoms with Gasteiger partial charge in [0.1, 0.15) is 5.75 Å². The molecule has 2 rings (SSSR count). The molecule has 0 amide bonds. The summed E-state index contributed by atoms with van der Waals surface area (Å²) in [6.07, 6.45) is 2.24. The molecule has 0 atom stereocenters. The van der Waals surface area contributed by atoms with Crippen molar-refractivity contribution in [1.82, 2.24) is 0 Å². The summed E-state index contributed by atoms with van der Waals surface area (Å²) in [7, 11) is 1.68. The van der Waals surface area contributed by atoms with Crippen molar-refractivity contribution in [2.45, 2.75) is 37.6 Å². The molecule has 2 nitrogen and oxygen atoms in total. The maximum absolute atomic E-state index is 6.28. The Morgan fingerprint density at radius 1 is 1.38 bits per heavy atom. The number of ether oxygens (including phenoxy) is 1. The van der Waals surface area contributed by atoms with Crippen molar-refractivity contribution in [3.8, 4) is 5.75 Å². The van der Waals surface area contributed by atoms with E-state index in [-0.39, 0.29) is 11.0 Å². The fraction of sp³-hybridized carbons (Fsp3) is 0.538. The predicted octanol–water partition coefficient (Wildman–Crippen LogP) is 3.12. The summed E-state index contributed by atoms with van der Waals surface area (Å²) in [4.78, 5) is 0. The molecule has 0 spiro atoms. The van der Waals surface area contributed by atoms with Crippen LogP contribution in [-0.2, 0) is 5.41 Å². The number of hydrogen-bond acceptors (Lipinski definition) is 2. The number of nitrogens with two attached hydrogens (primary N) is 1. The summed E-state index contributed by atoms with van der Waals surface area (Å²) in [5.41, 5.74) is 7.30. The van der Waals surface area contributed by atoms with E-state index >= 15 is 0 Å². The van der Waals surface area contributed by atoms with E-state index in [0.717, 1.165) is 18.6 Å². The molecule has 1 fully saturated rings. The van der Waals surface area contributed by atoms with Crippen LogP contribution in [0.15, 0.2) is 18.2 Å². The first kappa shape index (κ1) is 11.7. The second-order valence-electron chi connectivity index (χ2n) is 5.15. The maximum Gasteiger partial charge on any atom is 0.124 e. The molecule has 0 saturated heterocycles. The lowest BCUT2D eigenvalue weighted by Gasteiger charge is -2.32. The molecule has 1 aromatic carbocycles. The topological polar surface area (TPSA) is 35.2 Å². The zero-order valence-electron chi connectivity index (χ0n) is 10.0. The molecule has 3 heteroatoms. The standard InChI is InChI=1S/C13H18ClNO/c1-12(2,15)13(6-7-13)10-5-4-9(14)8-11(10)16-3/h4-5,8H,6-7,15H2,1-3H3. The molecule has 0 bridgehead atoms. The SMILES string of the molecule is COc1cc(Cl)ccc1C1(C(C)(C)N)CC1. The van der Waals surface area contributed by atoms with E-state index in [4.69, 9.17) is 22.1 Å². The van der Waals surface area contributed by atoms with Gasteiger partial charge < -0.3 is 10.5 Å². The normalized spacial score (nSPS) is 18.3. The van der Waals surface area contributed by atoms with Crippen LogP contribution < -0.4 is 10.5 Å². The van der Waals surface area contributed by atoms with Crippen LogP contribution in [0.2, 0.25) is 5.02 Å². The first-order valence-electron chi connectivity index (χ1n) is 5.54. The number of methoxy groups -OCH3 is 1. The minimum Gasteiger partial charge on any atom is -0.496 e. The van der Waals surface area contributed by atoms with Crippen molar-refractivity contribution in [3.05, 3.63) is 28.8 Å². The Labute approximate surface area is 102 Å². The third kappa shape index (κ3) is 1.70. The van der Waals surface area contributed by atoms with E-state index in [2.05, 4.69) is 13.8 Å². The van der Waals surface area contributed by atoms with Gasteiger partial charge in [0.2, 0.25) is 0 Å². The quantitative estimate of drug-likeness (QED) is 0.880. The van der Waals surface area contributed by atoms with E-state index in [9.17, 15) is 0 Å². The Bertz CT molecular complexity index is 405. The highest BCUT2D eigenvalue weighted by Gasteiger charge is 2.55. The van der Waals surface area contributed by atoms with Gasteiger partial charge in [0, 0.05) is 21.5 Å². The molecule has 1 saturated carbocycles. The molecule has 0 radical (unpaired) electrons. The van der Waals surface area contributed by atoms with Gasteiger partial charge in [0.25, 0.3) is 0 Å². The van der Waals surface area contributed by atoms with Gasteiger partial charge >= 0.3 is 0 Å². The number of halogens is 1. The first-order chi connectivity index (χ1) is 7.40. The molecule has 0 heterocycles. The minimum absolute atomic E-state index is 0.0585. The Morgan fingerprint density at radius 2 is 2.00 bits per heavy atom. The third-order valence-corrected chi connectivity index (χ3v) is 3.90. The fourth-order valence-corrected chi connectivity index (χ4v) is 2.61. The zero-order chi connectivity index (χ0) is 12.0. The van der Waals surface area contributed by atoms with Crippen molar-refractivity contribution >= 4 is 11.6 Å². The number of rotatable bonds is 3. The molecule has 16 heavy (non-hydrogen) atoms. The Hall–Kier alpha value is -0.730. The minimum atomic E-state index is -0.228. The Kier molecular flexibility index (Phi) is 2.67. The van der Waals surface area contributed by atoms with Crippen molar-refractivity contribution < 1.29 is 4.74 Å². The number of benzene rings is 1. The summed E-state index contributed by atoms with van der Waals surface area (Å²) in [6.45, 7) is 4.15. The molecule has 0 aromatic heterocycles. The van der Waals surface area contributed by atoms with E-state index in [1.165, 1.54) is 5.56 Å². The lowest BCUT2D eigenvalue weighted by molar-refractivity contribution is 0.360. The van der Waals surface area contributed by atoms with Crippen molar-refractivity contribution in [3.63, 3.8) is 0 Å². The second kappa shape index (κ2) is 3.64. The molecular weight excluding hydrogens is 222 g/mol. The van der Waals surface area contributed by atoms with Crippen LogP contribution in [0.5, 0.6) is 5.75 Å². The van der Waals surface area contributed by atoms with E-state index < -0.39 is 0 Å².